The van der Waals surface area contributed by atoms with Gasteiger partial charge < -0.3 is 9.31 Å². The van der Waals surface area contributed by atoms with E-state index in [1.54, 1.807) is 11.9 Å². The first-order valence-corrected chi connectivity index (χ1v) is 7.10. The highest BCUT2D eigenvalue weighted by molar-refractivity contribution is 7.97. The van der Waals surface area contributed by atoms with Crippen LogP contribution in [0.5, 0.6) is 0 Å². The van der Waals surface area contributed by atoms with Gasteiger partial charge in [-0.2, -0.15) is 4.41 Å². The number of hydrazine groups is 1. The molecule has 1 aromatic heterocycles. The molecule has 2 aliphatic heterocycles. The van der Waals surface area contributed by atoms with E-state index in [2.05, 4.69) is 44.2 Å². The molecule has 1 fully saturated rings. The van der Waals surface area contributed by atoms with E-state index in [1.807, 2.05) is 17.7 Å². The standard InChI is InChI=1S/C12H18BN3O2S/c1-11(2)12(3,4)18-13(17-11)8-6-9-10(14-7-8)15-16(5)19-9/h6-7H,1-5H3,(H,14,15). The van der Waals surface area contributed by atoms with Crippen LogP contribution in [0.1, 0.15) is 27.7 Å². The summed E-state index contributed by atoms with van der Waals surface area (Å²) in [6.07, 6.45) is 1.81. The van der Waals surface area contributed by atoms with Crippen molar-refractivity contribution in [3.05, 3.63) is 12.3 Å². The Balaban J connectivity index is 1.88. The van der Waals surface area contributed by atoms with Crippen molar-refractivity contribution in [1.29, 1.82) is 0 Å². The molecular formula is C12H18BN3O2S. The summed E-state index contributed by atoms with van der Waals surface area (Å²) in [4.78, 5) is 5.51. The summed E-state index contributed by atoms with van der Waals surface area (Å²) in [5.74, 6) is 0.882. The van der Waals surface area contributed by atoms with Crippen LogP contribution in [0.4, 0.5) is 5.82 Å². The first-order chi connectivity index (χ1) is 8.78. The maximum absolute atomic E-state index is 6.03. The highest BCUT2D eigenvalue weighted by Gasteiger charge is 2.52. The predicted octanol–water partition coefficient (Wildman–Crippen LogP) is 1.66. The van der Waals surface area contributed by atoms with Crippen molar-refractivity contribution in [2.24, 2.45) is 0 Å². The first-order valence-electron chi connectivity index (χ1n) is 6.32. The minimum Gasteiger partial charge on any atom is -0.399 e. The third-order valence-electron chi connectivity index (χ3n) is 3.90. The fourth-order valence-corrected chi connectivity index (χ4v) is 2.84. The lowest BCUT2D eigenvalue weighted by Crippen LogP contribution is -2.41. The summed E-state index contributed by atoms with van der Waals surface area (Å²) in [7, 11) is 1.61. The average Bonchev–Trinajstić information content (AvgIpc) is 2.74. The van der Waals surface area contributed by atoms with Gasteiger partial charge in [-0.25, -0.2) is 4.98 Å². The Bertz CT molecular complexity index is 508. The Kier molecular flexibility index (Phi) is 2.87. The molecule has 1 N–H and O–H groups in total. The lowest BCUT2D eigenvalue weighted by Gasteiger charge is -2.32. The maximum Gasteiger partial charge on any atom is 0.496 e. The second kappa shape index (κ2) is 4.12. The second-order valence-corrected chi connectivity index (χ2v) is 7.07. The van der Waals surface area contributed by atoms with Crippen LogP contribution in [-0.4, -0.2) is 34.8 Å². The van der Waals surface area contributed by atoms with Crippen LogP contribution in [0, 0.1) is 0 Å². The van der Waals surface area contributed by atoms with Gasteiger partial charge in [0, 0.05) is 18.7 Å². The number of nitrogens with one attached hydrogen (secondary N) is 1. The number of fused-ring (bicyclic) bond motifs is 1. The quantitative estimate of drug-likeness (QED) is 0.623. The van der Waals surface area contributed by atoms with Crippen molar-refractivity contribution in [3.63, 3.8) is 0 Å². The predicted molar refractivity (Wildman–Crippen MR) is 77.2 cm³/mol. The molecule has 0 saturated carbocycles. The summed E-state index contributed by atoms with van der Waals surface area (Å²) < 4.78 is 14.0. The van der Waals surface area contributed by atoms with Crippen molar-refractivity contribution < 1.29 is 9.31 Å². The molecule has 2 aliphatic rings. The molecule has 19 heavy (non-hydrogen) atoms. The minimum atomic E-state index is -0.352. The van der Waals surface area contributed by atoms with E-state index in [0.29, 0.717) is 0 Å². The van der Waals surface area contributed by atoms with E-state index in [0.717, 1.165) is 16.2 Å². The Labute approximate surface area is 118 Å². The van der Waals surface area contributed by atoms with Gasteiger partial charge in [0.2, 0.25) is 0 Å². The van der Waals surface area contributed by atoms with Gasteiger partial charge in [0.05, 0.1) is 16.1 Å². The zero-order valence-corrected chi connectivity index (χ0v) is 12.7. The van der Waals surface area contributed by atoms with Gasteiger partial charge in [0.1, 0.15) is 0 Å². The number of aromatic nitrogens is 1. The zero-order valence-electron chi connectivity index (χ0n) is 11.9. The Morgan fingerprint density at radius 2 is 1.89 bits per heavy atom. The van der Waals surface area contributed by atoms with Crippen molar-refractivity contribution in [1.82, 2.24) is 9.40 Å². The number of rotatable bonds is 1. The molecule has 0 atom stereocenters. The van der Waals surface area contributed by atoms with Gasteiger partial charge in [-0.1, -0.05) is 0 Å². The maximum atomic E-state index is 6.03. The van der Waals surface area contributed by atoms with Crippen molar-refractivity contribution >= 4 is 30.3 Å². The van der Waals surface area contributed by atoms with E-state index in [4.69, 9.17) is 9.31 Å². The number of nitrogens with zero attached hydrogens (tertiary/aromatic N) is 2. The van der Waals surface area contributed by atoms with Crippen LogP contribution < -0.4 is 10.9 Å². The van der Waals surface area contributed by atoms with E-state index >= 15 is 0 Å². The highest BCUT2D eigenvalue weighted by atomic mass is 32.2. The van der Waals surface area contributed by atoms with Crippen LogP contribution in [-0.2, 0) is 9.31 Å². The van der Waals surface area contributed by atoms with Crippen LogP contribution in [0.3, 0.4) is 0 Å². The number of hydrogen-bond donors (Lipinski definition) is 1. The van der Waals surface area contributed by atoms with Gasteiger partial charge >= 0.3 is 7.12 Å². The molecule has 0 aromatic carbocycles. The van der Waals surface area contributed by atoms with E-state index < -0.39 is 0 Å². The molecule has 3 heterocycles. The summed E-state index contributed by atoms with van der Waals surface area (Å²) in [5.41, 5.74) is 3.47. The van der Waals surface area contributed by atoms with Crippen molar-refractivity contribution in [3.8, 4) is 0 Å². The molecule has 1 saturated heterocycles. The molecule has 0 amide bonds. The second-order valence-electron chi connectivity index (χ2n) is 5.90. The molecule has 7 heteroatoms. The fourth-order valence-electron chi connectivity index (χ4n) is 2.04. The van der Waals surface area contributed by atoms with Gasteiger partial charge in [0.15, 0.2) is 5.82 Å². The van der Waals surface area contributed by atoms with E-state index in [-0.39, 0.29) is 18.3 Å². The highest BCUT2D eigenvalue weighted by Crippen LogP contribution is 2.38. The van der Waals surface area contributed by atoms with Crippen molar-refractivity contribution in [2.45, 2.75) is 43.8 Å². The SMILES string of the molecule is CN1Nc2ncc(B3OC(C)(C)C(C)(C)O3)cc2S1. The summed E-state index contributed by atoms with van der Waals surface area (Å²) >= 11 is 1.61. The van der Waals surface area contributed by atoms with Crippen molar-refractivity contribution in [2.75, 3.05) is 12.5 Å². The molecule has 102 valence electrons. The first kappa shape index (κ1) is 13.2. The summed E-state index contributed by atoms with van der Waals surface area (Å²) in [6, 6.07) is 2.08. The number of hydrogen-bond acceptors (Lipinski definition) is 6. The molecule has 1 aromatic rings. The molecule has 3 rings (SSSR count). The lowest BCUT2D eigenvalue weighted by molar-refractivity contribution is 0.00578. The molecule has 0 radical (unpaired) electrons. The third-order valence-corrected chi connectivity index (χ3v) is 4.77. The topological polar surface area (TPSA) is 46.6 Å². The molecule has 0 unspecified atom stereocenters. The van der Waals surface area contributed by atoms with Crippen LogP contribution in [0.15, 0.2) is 17.2 Å². The van der Waals surface area contributed by atoms with Gasteiger partial charge in [-0.05, 0) is 45.7 Å². The molecule has 0 spiro atoms. The zero-order chi connectivity index (χ0) is 13.8. The molecule has 5 nitrogen and oxygen atoms in total. The van der Waals surface area contributed by atoms with Crippen LogP contribution in [0.25, 0.3) is 0 Å². The molecular weight excluding hydrogens is 261 g/mol. The third kappa shape index (κ3) is 2.14. The lowest BCUT2D eigenvalue weighted by atomic mass is 9.80. The Morgan fingerprint density at radius 1 is 1.26 bits per heavy atom. The van der Waals surface area contributed by atoms with Crippen LogP contribution in [0.2, 0.25) is 0 Å². The average molecular weight is 279 g/mol. The number of pyridine rings is 1. The van der Waals surface area contributed by atoms with E-state index in [1.165, 1.54) is 0 Å². The normalized spacial score (nSPS) is 24.4. The largest absolute Gasteiger partial charge is 0.496 e. The van der Waals surface area contributed by atoms with Gasteiger partial charge in [-0.3, -0.25) is 5.43 Å². The summed E-state index contributed by atoms with van der Waals surface area (Å²) in [6.45, 7) is 8.21. The molecule has 0 aliphatic carbocycles. The Hall–Kier alpha value is -0.755. The molecule has 0 bridgehead atoms. The van der Waals surface area contributed by atoms with E-state index in [9.17, 15) is 0 Å². The summed E-state index contributed by atoms with van der Waals surface area (Å²) in [5, 5.41) is 0. The monoisotopic (exact) mass is 279 g/mol. The van der Waals surface area contributed by atoms with Gasteiger partial charge in [0.25, 0.3) is 0 Å². The minimum absolute atomic E-state index is 0.321. The number of anilines is 1. The van der Waals surface area contributed by atoms with Crippen LogP contribution >= 0.6 is 11.9 Å². The Morgan fingerprint density at radius 3 is 2.53 bits per heavy atom. The fraction of sp³-hybridized carbons (Fsp3) is 0.583. The van der Waals surface area contributed by atoms with Gasteiger partial charge in [-0.15, -0.1) is 0 Å². The smallest absolute Gasteiger partial charge is 0.399 e.